The minimum absolute atomic E-state index is 0. The van der Waals surface area contributed by atoms with Crippen LogP contribution in [-0.2, 0) is 10.0 Å². The first kappa shape index (κ1) is 20.7. The number of rotatable bonds is 5. The maximum atomic E-state index is 12.8. The van der Waals surface area contributed by atoms with Crippen LogP contribution in [0.25, 0.3) is 0 Å². The highest BCUT2D eigenvalue weighted by molar-refractivity contribution is 7.94. The Morgan fingerprint density at radius 3 is 2.73 bits per heavy atom. The molecule has 9 heteroatoms. The molecule has 2 heterocycles. The highest BCUT2D eigenvalue weighted by atomic mass is 35.5. The van der Waals surface area contributed by atoms with Crippen molar-refractivity contribution in [2.75, 3.05) is 17.8 Å². The Morgan fingerprint density at radius 2 is 2.12 bits per heavy atom. The minimum Gasteiger partial charge on any atom is -0.336 e. The fourth-order valence-electron chi connectivity index (χ4n) is 3.10. The van der Waals surface area contributed by atoms with Gasteiger partial charge in [0.05, 0.1) is 0 Å². The third kappa shape index (κ3) is 4.37. The largest absolute Gasteiger partial charge is 0.336 e. The minimum atomic E-state index is -3.63. The van der Waals surface area contributed by atoms with E-state index in [1.807, 2.05) is 11.8 Å². The highest BCUT2D eigenvalue weighted by Crippen LogP contribution is 2.26. The van der Waals surface area contributed by atoms with Gasteiger partial charge in [-0.3, -0.25) is 9.52 Å². The van der Waals surface area contributed by atoms with E-state index in [1.165, 1.54) is 0 Å². The molecule has 1 aliphatic rings. The lowest BCUT2D eigenvalue weighted by molar-refractivity contribution is 0.0743. The maximum Gasteiger partial charge on any atom is 0.271 e. The average molecular weight is 416 g/mol. The number of hydrogen-bond donors (Lipinski definition) is 2. The Balaban J connectivity index is 0.00000243. The summed E-state index contributed by atoms with van der Waals surface area (Å²) < 4.78 is 27.4. The van der Waals surface area contributed by atoms with Gasteiger partial charge in [0.15, 0.2) is 0 Å². The molecule has 1 aromatic heterocycles. The number of halogens is 1. The summed E-state index contributed by atoms with van der Waals surface area (Å²) in [5.41, 5.74) is 6.57. The van der Waals surface area contributed by atoms with Gasteiger partial charge in [-0.2, -0.15) is 0 Å². The third-order valence-corrected chi connectivity index (χ3v) is 7.16. The van der Waals surface area contributed by atoms with Crippen molar-refractivity contribution in [1.29, 1.82) is 0 Å². The van der Waals surface area contributed by atoms with E-state index >= 15 is 0 Å². The van der Waals surface area contributed by atoms with Gasteiger partial charge in [-0.25, -0.2) is 8.42 Å². The number of benzene rings is 1. The molecule has 0 bridgehead atoms. The number of sulfonamides is 1. The fraction of sp³-hybridized carbons (Fsp3) is 0.353. The van der Waals surface area contributed by atoms with E-state index in [9.17, 15) is 13.2 Å². The van der Waals surface area contributed by atoms with Crippen LogP contribution in [-0.4, -0.2) is 38.4 Å². The van der Waals surface area contributed by atoms with Gasteiger partial charge in [-0.15, -0.1) is 23.7 Å². The van der Waals surface area contributed by atoms with E-state index in [0.29, 0.717) is 30.3 Å². The molecule has 0 radical (unpaired) electrons. The van der Waals surface area contributed by atoms with Crippen LogP contribution >= 0.6 is 23.7 Å². The molecule has 1 aliphatic heterocycles. The second-order valence-electron chi connectivity index (χ2n) is 6.26. The zero-order valence-corrected chi connectivity index (χ0v) is 16.7. The van der Waals surface area contributed by atoms with E-state index in [4.69, 9.17) is 5.73 Å². The van der Waals surface area contributed by atoms with Crippen molar-refractivity contribution >= 4 is 45.4 Å². The van der Waals surface area contributed by atoms with E-state index in [-0.39, 0.29) is 28.6 Å². The molecule has 2 unspecified atom stereocenters. The molecule has 1 amide bonds. The number of nitrogens with zero attached hydrogens (tertiary/aromatic N) is 1. The standard InChI is InChI=1S/C17H21N3O3S2.ClH/c1-12-8-13(10-18)11-20(12)17(21)14-4-2-5-15(9-14)19-25(22,23)16-6-3-7-24-16;/h2-7,9,12-13,19H,8,10-11,18H2,1H3;1H. The van der Waals surface area contributed by atoms with Crippen molar-refractivity contribution in [2.45, 2.75) is 23.6 Å². The summed E-state index contributed by atoms with van der Waals surface area (Å²) in [5, 5.41) is 1.71. The van der Waals surface area contributed by atoms with Crippen molar-refractivity contribution in [3.8, 4) is 0 Å². The zero-order chi connectivity index (χ0) is 18.0. The molecule has 0 spiro atoms. The molecule has 0 aliphatic carbocycles. The molecule has 6 nitrogen and oxygen atoms in total. The smallest absolute Gasteiger partial charge is 0.271 e. The Kier molecular flexibility index (Phi) is 6.68. The summed E-state index contributed by atoms with van der Waals surface area (Å²) in [5.74, 6) is 0.222. The summed E-state index contributed by atoms with van der Waals surface area (Å²) in [6.45, 7) is 3.22. The van der Waals surface area contributed by atoms with E-state index in [0.717, 1.165) is 17.8 Å². The van der Waals surface area contributed by atoms with Crippen molar-refractivity contribution < 1.29 is 13.2 Å². The van der Waals surface area contributed by atoms with E-state index in [2.05, 4.69) is 4.72 Å². The molecule has 1 aromatic carbocycles. The first-order valence-corrected chi connectivity index (χ1v) is 10.4. The van der Waals surface area contributed by atoms with E-state index < -0.39 is 10.0 Å². The van der Waals surface area contributed by atoms with Gasteiger partial charge in [0.1, 0.15) is 4.21 Å². The lowest BCUT2D eigenvalue weighted by Crippen LogP contribution is -2.34. The van der Waals surface area contributed by atoms with Crippen LogP contribution in [0.1, 0.15) is 23.7 Å². The average Bonchev–Trinajstić information content (AvgIpc) is 3.24. The number of nitrogens with one attached hydrogen (secondary N) is 1. The molecule has 3 N–H and O–H groups in total. The van der Waals surface area contributed by atoms with Crippen LogP contribution in [0.15, 0.2) is 46.0 Å². The number of anilines is 1. The molecule has 1 fully saturated rings. The van der Waals surface area contributed by atoms with Crippen LogP contribution in [0.4, 0.5) is 5.69 Å². The summed E-state index contributed by atoms with van der Waals surface area (Å²) >= 11 is 1.15. The van der Waals surface area contributed by atoms with Crippen LogP contribution in [0.5, 0.6) is 0 Å². The van der Waals surface area contributed by atoms with Crippen molar-refractivity contribution in [1.82, 2.24) is 4.90 Å². The topological polar surface area (TPSA) is 92.5 Å². The van der Waals surface area contributed by atoms with Crippen LogP contribution in [0.2, 0.25) is 0 Å². The van der Waals surface area contributed by atoms with Gasteiger partial charge in [0.2, 0.25) is 0 Å². The molecule has 1 saturated heterocycles. The third-order valence-electron chi connectivity index (χ3n) is 4.38. The van der Waals surface area contributed by atoms with Crippen LogP contribution in [0.3, 0.4) is 0 Å². The molecule has 0 saturated carbocycles. The Hall–Kier alpha value is -1.61. The van der Waals surface area contributed by atoms with Crippen LogP contribution in [0, 0.1) is 5.92 Å². The van der Waals surface area contributed by atoms with Crippen molar-refractivity contribution in [3.05, 3.63) is 47.3 Å². The number of hydrogen-bond acceptors (Lipinski definition) is 5. The van der Waals surface area contributed by atoms with Gasteiger partial charge in [-0.05, 0) is 55.5 Å². The monoisotopic (exact) mass is 415 g/mol. The zero-order valence-electron chi connectivity index (χ0n) is 14.3. The molecule has 26 heavy (non-hydrogen) atoms. The van der Waals surface area contributed by atoms with Crippen molar-refractivity contribution in [2.24, 2.45) is 11.7 Å². The highest BCUT2D eigenvalue weighted by Gasteiger charge is 2.32. The molecule has 2 atom stereocenters. The number of carbonyl (C=O) groups is 1. The van der Waals surface area contributed by atoms with Gasteiger partial charge >= 0.3 is 0 Å². The summed E-state index contributed by atoms with van der Waals surface area (Å²) in [7, 11) is -3.63. The fourth-order valence-corrected chi connectivity index (χ4v) is 5.14. The second kappa shape index (κ2) is 8.39. The molecular formula is C17H22ClN3O3S2. The lowest BCUT2D eigenvalue weighted by atomic mass is 10.1. The maximum absolute atomic E-state index is 12.8. The normalized spacial score (nSPS) is 19.8. The number of likely N-dealkylation sites (tertiary alicyclic amines) is 1. The predicted octanol–water partition coefficient (Wildman–Crippen LogP) is 2.78. The lowest BCUT2D eigenvalue weighted by Gasteiger charge is -2.22. The SMILES string of the molecule is CC1CC(CN)CN1C(=O)c1cccc(NS(=O)(=O)c2cccs2)c1.Cl. The Morgan fingerprint density at radius 1 is 1.35 bits per heavy atom. The quantitative estimate of drug-likeness (QED) is 0.785. The predicted molar refractivity (Wildman–Crippen MR) is 106 cm³/mol. The van der Waals surface area contributed by atoms with E-state index in [1.54, 1.807) is 41.8 Å². The molecule has 3 rings (SSSR count). The molecular weight excluding hydrogens is 394 g/mol. The second-order valence-corrected chi connectivity index (χ2v) is 9.12. The first-order chi connectivity index (χ1) is 11.9. The first-order valence-electron chi connectivity index (χ1n) is 8.08. The Bertz CT molecular complexity index is 856. The number of carbonyl (C=O) groups excluding carboxylic acids is 1. The molecule has 142 valence electrons. The summed E-state index contributed by atoms with van der Waals surface area (Å²) in [6.07, 6.45) is 0.896. The number of amides is 1. The molecule has 2 aromatic rings. The summed E-state index contributed by atoms with van der Waals surface area (Å²) in [4.78, 5) is 14.6. The van der Waals surface area contributed by atoms with Gasteiger partial charge in [0.25, 0.3) is 15.9 Å². The van der Waals surface area contributed by atoms with Gasteiger partial charge < -0.3 is 10.6 Å². The Labute approximate surface area is 163 Å². The summed E-state index contributed by atoms with van der Waals surface area (Å²) in [6, 6.07) is 9.96. The van der Waals surface area contributed by atoms with Gasteiger partial charge in [0, 0.05) is 23.8 Å². The van der Waals surface area contributed by atoms with Crippen LogP contribution < -0.4 is 10.5 Å². The van der Waals surface area contributed by atoms with Crippen molar-refractivity contribution in [3.63, 3.8) is 0 Å². The van der Waals surface area contributed by atoms with Gasteiger partial charge in [-0.1, -0.05) is 12.1 Å². The number of thiophene rings is 1. The number of nitrogens with two attached hydrogens (primary N) is 1.